The van der Waals surface area contributed by atoms with Crippen molar-refractivity contribution in [1.82, 2.24) is 10.2 Å². The van der Waals surface area contributed by atoms with E-state index in [9.17, 15) is 9.18 Å². The molecule has 5 nitrogen and oxygen atoms in total. The van der Waals surface area contributed by atoms with Crippen LogP contribution >= 0.6 is 0 Å². The zero-order valence-electron chi connectivity index (χ0n) is 10.4. The number of benzene rings is 1. The molecule has 1 amide bonds. The number of nitrogens with one attached hydrogen (secondary N) is 1. The highest BCUT2D eigenvalue weighted by atomic mass is 19.1. The Morgan fingerprint density at radius 2 is 2.11 bits per heavy atom. The number of rotatable bonds is 3. The summed E-state index contributed by atoms with van der Waals surface area (Å²) in [6.07, 6.45) is 0. The number of carbonyl (C=O) groups is 1. The molecule has 0 bridgehead atoms. The minimum atomic E-state index is -0.710. The standard InChI is InChI=1S/C13H11FN4O/c1-16-11(8-15)12(18(2)3)17-13(19)9-6-4-5-7-10(9)14/h4-7H,2-3H3,(H,17,19)/b12-11-. The number of nitriles is 1. The molecule has 0 aliphatic carbocycles. The molecule has 0 aliphatic rings. The Balaban J connectivity index is 3.11. The number of hydrogen-bond acceptors (Lipinski definition) is 3. The monoisotopic (exact) mass is 258 g/mol. The molecule has 1 aromatic carbocycles. The topological polar surface area (TPSA) is 60.5 Å². The van der Waals surface area contributed by atoms with Crippen molar-refractivity contribution in [3.05, 3.63) is 58.6 Å². The fourth-order valence-corrected chi connectivity index (χ4v) is 1.33. The van der Waals surface area contributed by atoms with Crippen molar-refractivity contribution < 1.29 is 9.18 Å². The summed E-state index contributed by atoms with van der Waals surface area (Å²) in [6.45, 7) is 6.87. The molecule has 0 spiro atoms. The van der Waals surface area contributed by atoms with Gasteiger partial charge in [0, 0.05) is 14.1 Å². The first-order valence-corrected chi connectivity index (χ1v) is 5.26. The highest BCUT2D eigenvalue weighted by Gasteiger charge is 2.16. The summed E-state index contributed by atoms with van der Waals surface area (Å²) in [5.41, 5.74) is -0.418. The summed E-state index contributed by atoms with van der Waals surface area (Å²) in [5.74, 6) is -1.34. The molecule has 0 saturated heterocycles. The molecule has 0 aliphatic heterocycles. The third-order valence-electron chi connectivity index (χ3n) is 2.24. The van der Waals surface area contributed by atoms with Crippen LogP contribution < -0.4 is 5.32 Å². The summed E-state index contributed by atoms with van der Waals surface area (Å²) >= 11 is 0. The lowest BCUT2D eigenvalue weighted by Gasteiger charge is -2.18. The zero-order chi connectivity index (χ0) is 14.4. The summed E-state index contributed by atoms with van der Waals surface area (Å²) in [6, 6.07) is 7.15. The predicted molar refractivity (Wildman–Crippen MR) is 66.8 cm³/mol. The minimum absolute atomic E-state index is 0.0331. The molecule has 0 atom stereocenters. The van der Waals surface area contributed by atoms with Crippen LogP contribution in [0, 0.1) is 23.7 Å². The second-order valence-corrected chi connectivity index (χ2v) is 3.75. The Hall–Kier alpha value is -2.86. The van der Waals surface area contributed by atoms with Crippen LogP contribution in [-0.4, -0.2) is 24.9 Å². The van der Waals surface area contributed by atoms with Crippen molar-refractivity contribution in [3.63, 3.8) is 0 Å². The van der Waals surface area contributed by atoms with Crippen molar-refractivity contribution in [2.45, 2.75) is 0 Å². The van der Waals surface area contributed by atoms with Gasteiger partial charge in [0.05, 0.1) is 18.2 Å². The second-order valence-electron chi connectivity index (χ2n) is 3.75. The van der Waals surface area contributed by atoms with Crippen LogP contribution in [0.2, 0.25) is 0 Å². The van der Waals surface area contributed by atoms with Gasteiger partial charge in [-0.15, -0.1) is 0 Å². The van der Waals surface area contributed by atoms with Crippen LogP contribution in [0.15, 0.2) is 35.8 Å². The maximum absolute atomic E-state index is 13.4. The van der Waals surface area contributed by atoms with E-state index in [1.54, 1.807) is 20.2 Å². The Morgan fingerprint density at radius 3 is 2.58 bits per heavy atom. The maximum atomic E-state index is 13.4. The molecule has 19 heavy (non-hydrogen) atoms. The third kappa shape index (κ3) is 3.30. The Bertz CT molecular complexity index is 592. The first-order valence-electron chi connectivity index (χ1n) is 5.26. The van der Waals surface area contributed by atoms with Crippen LogP contribution in [0.4, 0.5) is 4.39 Å². The first kappa shape index (κ1) is 14.2. The number of carbonyl (C=O) groups excluding carboxylic acids is 1. The van der Waals surface area contributed by atoms with Crippen molar-refractivity contribution >= 4 is 5.91 Å². The highest BCUT2D eigenvalue weighted by molar-refractivity contribution is 5.95. The third-order valence-corrected chi connectivity index (χ3v) is 2.24. The van der Waals surface area contributed by atoms with E-state index < -0.39 is 11.7 Å². The quantitative estimate of drug-likeness (QED) is 0.663. The predicted octanol–water partition coefficient (Wildman–Crippen LogP) is 1.73. The van der Waals surface area contributed by atoms with Gasteiger partial charge in [0.25, 0.3) is 5.91 Å². The Kier molecular flexibility index (Phi) is 4.62. The van der Waals surface area contributed by atoms with Gasteiger partial charge in [0.1, 0.15) is 11.6 Å². The van der Waals surface area contributed by atoms with E-state index in [2.05, 4.69) is 10.2 Å². The Labute approximate surface area is 110 Å². The largest absolute Gasteiger partial charge is 0.372 e. The van der Waals surface area contributed by atoms with Gasteiger partial charge in [-0.25, -0.2) is 14.5 Å². The van der Waals surface area contributed by atoms with Gasteiger partial charge in [0.2, 0.25) is 0 Å². The number of nitrogens with zero attached hydrogens (tertiary/aromatic N) is 3. The maximum Gasteiger partial charge on any atom is 0.300 e. The second kappa shape index (κ2) is 6.18. The van der Waals surface area contributed by atoms with E-state index in [1.165, 1.54) is 23.1 Å². The van der Waals surface area contributed by atoms with Crippen LogP contribution in [-0.2, 0) is 0 Å². The van der Waals surface area contributed by atoms with E-state index in [0.29, 0.717) is 0 Å². The normalized spacial score (nSPS) is 10.8. The van der Waals surface area contributed by atoms with Crippen molar-refractivity contribution in [2.24, 2.45) is 0 Å². The van der Waals surface area contributed by atoms with Crippen LogP contribution in [0.25, 0.3) is 4.85 Å². The van der Waals surface area contributed by atoms with Gasteiger partial charge in [0.15, 0.2) is 0 Å². The molecule has 1 rings (SSSR count). The summed E-state index contributed by atoms with van der Waals surface area (Å²) in [7, 11) is 3.14. The number of halogens is 1. The average molecular weight is 258 g/mol. The minimum Gasteiger partial charge on any atom is -0.372 e. The lowest BCUT2D eigenvalue weighted by molar-refractivity contribution is 0.0951. The molecule has 6 heteroatoms. The SMILES string of the molecule is [C-]#[N+]/C(C#N)=C(/NC(=O)c1ccccc1F)N(C)C. The number of allylic oxidation sites excluding steroid dienone is 1. The van der Waals surface area contributed by atoms with Gasteiger partial charge in [-0.1, -0.05) is 12.1 Å². The molecule has 0 heterocycles. The van der Waals surface area contributed by atoms with Crippen LogP contribution in [0.5, 0.6) is 0 Å². The molecule has 1 aromatic rings. The Morgan fingerprint density at radius 1 is 1.47 bits per heavy atom. The van der Waals surface area contributed by atoms with Gasteiger partial charge in [-0.3, -0.25) is 4.79 Å². The summed E-state index contributed by atoms with van der Waals surface area (Å²) in [5, 5.41) is 11.2. The molecule has 0 aromatic heterocycles. The van der Waals surface area contributed by atoms with Gasteiger partial charge < -0.3 is 10.2 Å². The molecule has 0 radical (unpaired) electrons. The zero-order valence-corrected chi connectivity index (χ0v) is 10.4. The average Bonchev–Trinajstić information content (AvgIpc) is 2.39. The lowest BCUT2D eigenvalue weighted by atomic mass is 10.2. The molecular weight excluding hydrogens is 247 g/mol. The highest BCUT2D eigenvalue weighted by Crippen LogP contribution is 2.10. The van der Waals surface area contributed by atoms with E-state index in [1.807, 2.05) is 0 Å². The molecule has 0 saturated carbocycles. The van der Waals surface area contributed by atoms with E-state index in [0.717, 1.165) is 6.07 Å². The van der Waals surface area contributed by atoms with Crippen molar-refractivity contribution in [3.8, 4) is 6.07 Å². The van der Waals surface area contributed by atoms with Crippen LogP contribution in [0.1, 0.15) is 10.4 Å². The van der Waals surface area contributed by atoms with Crippen molar-refractivity contribution in [2.75, 3.05) is 14.1 Å². The number of hydrogen-bond donors (Lipinski definition) is 1. The summed E-state index contributed by atoms with van der Waals surface area (Å²) < 4.78 is 13.4. The smallest absolute Gasteiger partial charge is 0.300 e. The van der Waals surface area contributed by atoms with E-state index >= 15 is 0 Å². The van der Waals surface area contributed by atoms with Crippen molar-refractivity contribution in [1.29, 1.82) is 5.26 Å². The number of amides is 1. The van der Waals surface area contributed by atoms with Gasteiger partial charge in [-0.2, -0.15) is 0 Å². The van der Waals surface area contributed by atoms with Gasteiger partial charge >= 0.3 is 5.70 Å². The first-order chi connectivity index (χ1) is 9.01. The molecule has 1 N–H and O–H groups in total. The molecular formula is C13H11FN4O. The lowest BCUT2D eigenvalue weighted by Crippen LogP contribution is -2.32. The van der Waals surface area contributed by atoms with Crippen LogP contribution in [0.3, 0.4) is 0 Å². The summed E-state index contributed by atoms with van der Waals surface area (Å²) in [4.78, 5) is 16.3. The molecule has 0 unspecified atom stereocenters. The molecule has 0 fully saturated rings. The fraction of sp³-hybridized carbons (Fsp3) is 0.154. The van der Waals surface area contributed by atoms with E-state index in [4.69, 9.17) is 11.8 Å². The van der Waals surface area contributed by atoms with E-state index in [-0.39, 0.29) is 17.1 Å². The van der Waals surface area contributed by atoms with Gasteiger partial charge in [-0.05, 0) is 12.1 Å². The fourth-order valence-electron chi connectivity index (χ4n) is 1.33. The molecule has 96 valence electrons.